The van der Waals surface area contributed by atoms with E-state index in [1.54, 1.807) is 37.5 Å². The van der Waals surface area contributed by atoms with E-state index < -0.39 is 5.91 Å². The van der Waals surface area contributed by atoms with Crippen LogP contribution in [0, 0.1) is 11.3 Å². The van der Waals surface area contributed by atoms with Gasteiger partial charge in [0.15, 0.2) is 0 Å². The van der Waals surface area contributed by atoms with Crippen LogP contribution in [0.2, 0.25) is 0 Å². The smallest absolute Gasteiger partial charge is 0.262 e. The lowest BCUT2D eigenvalue weighted by Crippen LogP contribution is -2.24. The molecule has 0 aliphatic rings. The van der Waals surface area contributed by atoms with Gasteiger partial charge in [0.25, 0.3) is 5.91 Å². The lowest BCUT2D eigenvalue weighted by atomic mass is 10.1. The van der Waals surface area contributed by atoms with Crippen LogP contribution in [0.1, 0.15) is 5.56 Å². The Labute approximate surface area is 106 Å². The fourth-order valence-electron chi connectivity index (χ4n) is 1.28. The van der Waals surface area contributed by atoms with E-state index in [-0.39, 0.29) is 5.57 Å². The highest BCUT2D eigenvalue weighted by Gasteiger charge is 2.07. The van der Waals surface area contributed by atoms with Crippen LogP contribution in [0.3, 0.4) is 0 Å². The molecule has 0 atom stereocenters. The third-order valence-electron chi connectivity index (χ3n) is 2.20. The molecule has 1 N–H and O–H groups in total. The summed E-state index contributed by atoms with van der Waals surface area (Å²) in [6, 6.07) is 8.95. The number of nitrogens with zero attached hydrogens (tertiary/aromatic N) is 1. The van der Waals surface area contributed by atoms with Crippen LogP contribution in [0.5, 0.6) is 5.75 Å². The third kappa shape index (κ3) is 3.80. The van der Waals surface area contributed by atoms with Gasteiger partial charge < -0.3 is 10.1 Å². The van der Waals surface area contributed by atoms with Crippen molar-refractivity contribution in [1.82, 2.24) is 5.32 Å². The van der Waals surface area contributed by atoms with Crippen molar-refractivity contribution in [1.29, 1.82) is 5.26 Å². The lowest BCUT2D eigenvalue weighted by molar-refractivity contribution is -0.116. The predicted octanol–water partition coefficient (Wildman–Crippen LogP) is 1.90. The molecule has 0 aliphatic carbocycles. The van der Waals surface area contributed by atoms with Crippen molar-refractivity contribution in [2.75, 3.05) is 13.7 Å². The first kappa shape index (κ1) is 13.5. The van der Waals surface area contributed by atoms with Crippen LogP contribution in [0.15, 0.2) is 42.5 Å². The Morgan fingerprint density at radius 1 is 1.50 bits per heavy atom. The van der Waals surface area contributed by atoms with Crippen molar-refractivity contribution in [2.24, 2.45) is 0 Å². The number of methoxy groups -OCH3 is 1. The summed E-state index contributed by atoms with van der Waals surface area (Å²) in [6.07, 6.45) is 3.08. The monoisotopic (exact) mass is 242 g/mol. The second-order valence-electron chi connectivity index (χ2n) is 3.44. The van der Waals surface area contributed by atoms with Crippen molar-refractivity contribution in [2.45, 2.75) is 0 Å². The van der Waals surface area contributed by atoms with Crippen LogP contribution in [0.4, 0.5) is 0 Å². The van der Waals surface area contributed by atoms with Crippen LogP contribution < -0.4 is 10.1 Å². The molecule has 0 heterocycles. The standard InChI is InChI=1S/C14H14N2O2/c1-3-8-16-14(17)12(10-15)9-11-4-6-13(18-2)7-5-11/h3-7,9H,1,8H2,2H3,(H,16,17)/b12-9+. The van der Waals surface area contributed by atoms with Crippen molar-refractivity contribution < 1.29 is 9.53 Å². The van der Waals surface area contributed by atoms with Crippen LogP contribution in [0.25, 0.3) is 6.08 Å². The molecule has 18 heavy (non-hydrogen) atoms. The van der Waals surface area contributed by atoms with Gasteiger partial charge in [-0.25, -0.2) is 0 Å². The SMILES string of the molecule is C=CCNC(=O)/C(C#N)=C/c1ccc(OC)cc1. The average molecular weight is 242 g/mol. The van der Waals surface area contributed by atoms with Gasteiger partial charge in [-0.15, -0.1) is 6.58 Å². The van der Waals surface area contributed by atoms with E-state index in [9.17, 15) is 4.79 Å². The molecule has 0 fully saturated rings. The van der Waals surface area contributed by atoms with E-state index >= 15 is 0 Å². The summed E-state index contributed by atoms with van der Waals surface area (Å²) in [6.45, 7) is 3.82. The molecule has 0 bridgehead atoms. The maximum absolute atomic E-state index is 11.6. The van der Waals surface area contributed by atoms with Crippen molar-refractivity contribution >= 4 is 12.0 Å². The Morgan fingerprint density at radius 3 is 2.67 bits per heavy atom. The Kier molecular flexibility index (Phi) is 5.20. The highest BCUT2D eigenvalue weighted by atomic mass is 16.5. The molecule has 0 aromatic heterocycles. The van der Waals surface area contributed by atoms with Crippen LogP contribution in [-0.2, 0) is 4.79 Å². The molecule has 4 nitrogen and oxygen atoms in total. The Bertz CT molecular complexity index is 496. The second-order valence-corrected chi connectivity index (χ2v) is 3.44. The van der Waals surface area contributed by atoms with Gasteiger partial charge in [0.2, 0.25) is 0 Å². The number of amides is 1. The van der Waals surface area contributed by atoms with Gasteiger partial charge in [0.1, 0.15) is 17.4 Å². The van der Waals surface area contributed by atoms with Crippen LogP contribution >= 0.6 is 0 Å². The van der Waals surface area contributed by atoms with Gasteiger partial charge in [-0.2, -0.15) is 5.26 Å². The molecule has 0 unspecified atom stereocenters. The summed E-state index contributed by atoms with van der Waals surface area (Å²) in [5, 5.41) is 11.5. The number of carbonyl (C=O) groups excluding carboxylic acids is 1. The maximum atomic E-state index is 11.6. The lowest BCUT2D eigenvalue weighted by Gasteiger charge is -2.02. The number of ether oxygens (including phenoxy) is 1. The topological polar surface area (TPSA) is 62.1 Å². The average Bonchev–Trinajstić information content (AvgIpc) is 2.42. The molecule has 92 valence electrons. The Morgan fingerprint density at radius 2 is 2.17 bits per heavy atom. The number of benzene rings is 1. The number of hydrogen-bond acceptors (Lipinski definition) is 3. The number of nitriles is 1. The van der Waals surface area contributed by atoms with E-state index in [0.717, 1.165) is 11.3 Å². The summed E-state index contributed by atoms with van der Waals surface area (Å²) >= 11 is 0. The molecule has 0 saturated heterocycles. The maximum Gasteiger partial charge on any atom is 0.262 e. The first-order valence-electron chi connectivity index (χ1n) is 5.36. The number of carbonyl (C=O) groups is 1. The largest absolute Gasteiger partial charge is 0.497 e. The van der Waals surface area contributed by atoms with Gasteiger partial charge in [0.05, 0.1) is 7.11 Å². The molecule has 0 spiro atoms. The quantitative estimate of drug-likeness (QED) is 0.487. The zero-order valence-electron chi connectivity index (χ0n) is 10.1. The second kappa shape index (κ2) is 6.92. The third-order valence-corrected chi connectivity index (χ3v) is 2.20. The minimum absolute atomic E-state index is 0.0574. The first-order chi connectivity index (χ1) is 8.71. The van der Waals surface area contributed by atoms with Crippen LogP contribution in [-0.4, -0.2) is 19.6 Å². The molecule has 0 saturated carbocycles. The van der Waals surface area contributed by atoms with Gasteiger partial charge in [-0.1, -0.05) is 18.2 Å². The fourth-order valence-corrected chi connectivity index (χ4v) is 1.28. The van der Waals surface area contributed by atoms with Crippen molar-refractivity contribution in [3.05, 3.63) is 48.1 Å². The van der Waals surface area contributed by atoms with Gasteiger partial charge in [0, 0.05) is 6.54 Å². The number of hydrogen-bond donors (Lipinski definition) is 1. The zero-order valence-corrected chi connectivity index (χ0v) is 10.1. The Balaban J connectivity index is 2.86. The van der Waals surface area contributed by atoms with E-state index in [1.807, 2.05) is 6.07 Å². The molecule has 1 amide bonds. The molecule has 0 aliphatic heterocycles. The number of rotatable bonds is 5. The molecular weight excluding hydrogens is 228 g/mol. The van der Waals surface area contributed by atoms with Gasteiger partial charge in [-0.05, 0) is 23.8 Å². The van der Waals surface area contributed by atoms with E-state index in [4.69, 9.17) is 10.00 Å². The summed E-state index contributed by atoms with van der Waals surface area (Å²) in [4.78, 5) is 11.6. The summed E-state index contributed by atoms with van der Waals surface area (Å²) < 4.78 is 5.02. The van der Waals surface area contributed by atoms with Crippen molar-refractivity contribution in [3.8, 4) is 11.8 Å². The molecular formula is C14H14N2O2. The normalized spacial score (nSPS) is 10.3. The zero-order chi connectivity index (χ0) is 13.4. The summed E-state index contributed by atoms with van der Waals surface area (Å²) in [7, 11) is 1.58. The van der Waals surface area contributed by atoms with Gasteiger partial charge in [-0.3, -0.25) is 4.79 Å². The highest BCUT2D eigenvalue weighted by molar-refractivity contribution is 6.01. The van der Waals surface area contributed by atoms with Crippen molar-refractivity contribution in [3.63, 3.8) is 0 Å². The minimum Gasteiger partial charge on any atom is -0.497 e. The number of nitrogens with one attached hydrogen (secondary N) is 1. The minimum atomic E-state index is -0.409. The predicted molar refractivity (Wildman–Crippen MR) is 69.8 cm³/mol. The Hall–Kier alpha value is -2.54. The molecule has 1 rings (SSSR count). The van der Waals surface area contributed by atoms with E-state index in [1.165, 1.54) is 6.08 Å². The first-order valence-corrected chi connectivity index (χ1v) is 5.36. The van der Waals surface area contributed by atoms with E-state index in [0.29, 0.717) is 6.54 Å². The fraction of sp³-hybridized carbons (Fsp3) is 0.143. The highest BCUT2D eigenvalue weighted by Crippen LogP contribution is 2.13. The molecule has 1 aromatic carbocycles. The summed E-state index contributed by atoms with van der Waals surface area (Å²) in [5.74, 6) is 0.315. The molecule has 4 heteroatoms. The molecule has 1 aromatic rings. The van der Waals surface area contributed by atoms with Gasteiger partial charge >= 0.3 is 0 Å². The molecule has 0 radical (unpaired) electrons. The summed E-state index contributed by atoms with van der Waals surface area (Å²) in [5.41, 5.74) is 0.822. The van der Waals surface area contributed by atoms with E-state index in [2.05, 4.69) is 11.9 Å².